The second-order valence-electron chi connectivity index (χ2n) is 4.93. The Labute approximate surface area is 118 Å². The van der Waals surface area contributed by atoms with Crippen LogP contribution in [0.15, 0.2) is 22.8 Å². The lowest BCUT2D eigenvalue weighted by Gasteiger charge is -2.28. The molecule has 2 N–H and O–H groups in total. The Morgan fingerprint density at radius 2 is 2.17 bits per heavy atom. The Hall–Kier alpha value is -0.330. The average molecular weight is 337 g/mol. The lowest BCUT2D eigenvalue weighted by Crippen LogP contribution is -2.35. The Balaban J connectivity index is 3.01. The first-order valence-corrected chi connectivity index (χ1v) is 7.67. The van der Waals surface area contributed by atoms with Gasteiger partial charge in [-0.3, -0.25) is 5.14 Å². The number of hydrogen-bond acceptors (Lipinski definition) is 2. The summed E-state index contributed by atoms with van der Waals surface area (Å²) >= 11 is 3.27. The number of nitrogens with zero attached hydrogens (tertiary/aromatic N) is 1. The van der Waals surface area contributed by atoms with Gasteiger partial charge in [-0.15, -0.1) is 0 Å². The fourth-order valence-corrected chi connectivity index (χ4v) is 2.45. The maximum absolute atomic E-state index is 13.8. The van der Waals surface area contributed by atoms with Gasteiger partial charge in [-0.1, -0.05) is 6.07 Å². The van der Waals surface area contributed by atoms with Crippen molar-refractivity contribution in [2.24, 2.45) is 5.14 Å². The van der Waals surface area contributed by atoms with E-state index in [1.54, 1.807) is 26.0 Å². The van der Waals surface area contributed by atoms with E-state index in [0.717, 1.165) is 0 Å². The van der Waals surface area contributed by atoms with Crippen molar-refractivity contribution in [3.63, 3.8) is 0 Å². The standard InChI is InChI=1S/C12H18BrFN2OS/c1-8(14)9(7-12(2,3)18(15)17)10-5-4-6-11(13)16-10/h4-6,8-9H,7,15H2,1-3H3/t8?,9-,18?/m1/s1. The van der Waals surface area contributed by atoms with Crippen molar-refractivity contribution in [3.8, 4) is 0 Å². The maximum Gasteiger partial charge on any atom is 0.106 e. The fourth-order valence-electron chi connectivity index (χ4n) is 1.74. The zero-order chi connectivity index (χ0) is 13.9. The molecule has 0 saturated carbocycles. The van der Waals surface area contributed by atoms with Gasteiger partial charge in [0, 0.05) is 11.6 Å². The molecule has 0 aromatic carbocycles. The summed E-state index contributed by atoms with van der Waals surface area (Å²) in [5, 5.41) is 5.45. The highest BCUT2D eigenvalue weighted by atomic mass is 79.9. The molecular formula is C12H18BrFN2OS. The molecule has 0 aliphatic rings. The summed E-state index contributed by atoms with van der Waals surface area (Å²) in [5.74, 6) is -0.412. The molecule has 0 radical (unpaired) electrons. The number of nitrogens with two attached hydrogens (primary N) is 1. The van der Waals surface area contributed by atoms with Gasteiger partial charge in [0.05, 0.1) is 15.7 Å². The van der Waals surface area contributed by atoms with Gasteiger partial charge in [0.25, 0.3) is 0 Å². The summed E-state index contributed by atoms with van der Waals surface area (Å²) in [5.41, 5.74) is 0.651. The van der Waals surface area contributed by atoms with Crippen LogP contribution in [-0.2, 0) is 11.0 Å². The minimum absolute atomic E-state index is 0.386. The van der Waals surface area contributed by atoms with E-state index in [9.17, 15) is 8.60 Å². The monoisotopic (exact) mass is 336 g/mol. The summed E-state index contributed by atoms with van der Waals surface area (Å²) in [4.78, 5) is 4.28. The molecule has 0 amide bonds. The molecule has 1 aromatic heterocycles. The van der Waals surface area contributed by atoms with Crippen molar-refractivity contribution in [3.05, 3.63) is 28.5 Å². The van der Waals surface area contributed by atoms with Crippen LogP contribution < -0.4 is 5.14 Å². The molecule has 0 saturated heterocycles. The molecule has 1 rings (SSSR count). The van der Waals surface area contributed by atoms with Crippen LogP contribution in [-0.4, -0.2) is 20.1 Å². The van der Waals surface area contributed by atoms with Crippen LogP contribution in [0.25, 0.3) is 0 Å². The van der Waals surface area contributed by atoms with Gasteiger partial charge >= 0.3 is 0 Å². The van der Waals surface area contributed by atoms with Crippen molar-refractivity contribution in [1.29, 1.82) is 0 Å². The molecule has 0 spiro atoms. The number of aromatic nitrogens is 1. The van der Waals surface area contributed by atoms with Crippen molar-refractivity contribution >= 4 is 26.9 Å². The highest BCUT2D eigenvalue weighted by Gasteiger charge is 2.32. The Morgan fingerprint density at radius 3 is 2.61 bits per heavy atom. The van der Waals surface area contributed by atoms with Crippen LogP contribution in [0.4, 0.5) is 4.39 Å². The number of halogens is 2. The summed E-state index contributed by atoms with van der Waals surface area (Å²) < 4.78 is 25.3. The van der Waals surface area contributed by atoms with Crippen LogP contribution in [0, 0.1) is 0 Å². The van der Waals surface area contributed by atoms with Gasteiger partial charge in [-0.2, -0.15) is 0 Å². The molecule has 1 aromatic rings. The summed E-state index contributed by atoms with van der Waals surface area (Å²) in [7, 11) is -1.50. The molecule has 6 heteroatoms. The minimum Gasteiger partial charge on any atom is -0.251 e. The summed E-state index contributed by atoms with van der Waals surface area (Å²) in [6.07, 6.45) is -0.688. The van der Waals surface area contributed by atoms with Crippen LogP contribution in [0.5, 0.6) is 0 Å². The molecule has 18 heavy (non-hydrogen) atoms. The maximum atomic E-state index is 13.8. The number of alkyl halides is 1. The van der Waals surface area contributed by atoms with E-state index in [2.05, 4.69) is 20.9 Å². The third-order valence-electron chi connectivity index (χ3n) is 2.93. The smallest absolute Gasteiger partial charge is 0.106 e. The molecule has 0 bridgehead atoms. The predicted molar refractivity (Wildman–Crippen MR) is 76.3 cm³/mol. The zero-order valence-corrected chi connectivity index (χ0v) is 13.1. The topological polar surface area (TPSA) is 56.0 Å². The van der Waals surface area contributed by atoms with Crippen LogP contribution in [0.1, 0.15) is 38.8 Å². The molecule has 2 unspecified atom stereocenters. The minimum atomic E-state index is -1.50. The van der Waals surface area contributed by atoms with Gasteiger partial charge in [-0.05, 0) is 55.3 Å². The van der Waals surface area contributed by atoms with E-state index >= 15 is 0 Å². The molecule has 0 aliphatic carbocycles. The SMILES string of the molecule is CC(F)[C@@H](CC(C)(C)S(N)=O)c1cccc(Br)n1. The normalized spacial score (nSPS) is 17.2. The predicted octanol–water partition coefficient (Wildman–Crippen LogP) is 3.08. The van der Waals surface area contributed by atoms with Crippen molar-refractivity contribution in [2.45, 2.75) is 44.0 Å². The molecule has 0 fully saturated rings. The van der Waals surface area contributed by atoms with Crippen molar-refractivity contribution in [2.75, 3.05) is 0 Å². The lowest BCUT2D eigenvalue weighted by molar-refractivity contribution is 0.279. The molecular weight excluding hydrogens is 319 g/mol. The van der Waals surface area contributed by atoms with E-state index in [1.807, 2.05) is 6.07 Å². The van der Waals surface area contributed by atoms with Crippen LogP contribution in [0.3, 0.4) is 0 Å². The molecule has 3 nitrogen and oxygen atoms in total. The van der Waals surface area contributed by atoms with E-state index in [4.69, 9.17) is 5.14 Å². The second-order valence-corrected chi connectivity index (χ2v) is 7.44. The van der Waals surface area contributed by atoms with Gasteiger partial charge in [-0.25, -0.2) is 13.6 Å². The second kappa shape index (κ2) is 6.21. The summed E-state index contributed by atoms with van der Waals surface area (Å²) in [6, 6.07) is 5.38. The molecule has 1 heterocycles. The van der Waals surface area contributed by atoms with Gasteiger partial charge in [0.1, 0.15) is 10.8 Å². The van der Waals surface area contributed by atoms with Crippen LogP contribution >= 0.6 is 15.9 Å². The first-order valence-electron chi connectivity index (χ1n) is 5.67. The highest BCUT2D eigenvalue weighted by Crippen LogP contribution is 2.32. The molecule has 0 aliphatic heterocycles. The number of pyridine rings is 1. The Bertz CT molecular complexity index is 440. The average Bonchev–Trinajstić information content (AvgIpc) is 2.25. The van der Waals surface area contributed by atoms with Gasteiger partial charge in [0.2, 0.25) is 0 Å². The van der Waals surface area contributed by atoms with Gasteiger partial charge < -0.3 is 0 Å². The quantitative estimate of drug-likeness (QED) is 0.840. The van der Waals surface area contributed by atoms with Crippen molar-refractivity contribution in [1.82, 2.24) is 4.98 Å². The third kappa shape index (κ3) is 4.10. The summed E-state index contributed by atoms with van der Waals surface area (Å²) in [6.45, 7) is 5.04. The molecule has 3 atom stereocenters. The largest absolute Gasteiger partial charge is 0.251 e. The third-order valence-corrected chi connectivity index (χ3v) is 4.62. The van der Waals surface area contributed by atoms with E-state index in [1.165, 1.54) is 6.92 Å². The number of rotatable bonds is 5. The lowest BCUT2D eigenvalue weighted by atomic mass is 9.90. The Morgan fingerprint density at radius 1 is 1.56 bits per heavy atom. The van der Waals surface area contributed by atoms with E-state index in [0.29, 0.717) is 16.7 Å². The highest BCUT2D eigenvalue weighted by molar-refractivity contribution is 9.10. The first-order chi connectivity index (χ1) is 8.24. The van der Waals surface area contributed by atoms with Crippen molar-refractivity contribution < 1.29 is 8.60 Å². The van der Waals surface area contributed by atoms with E-state index < -0.39 is 27.8 Å². The number of hydrogen-bond donors (Lipinski definition) is 1. The van der Waals surface area contributed by atoms with Gasteiger partial charge in [0.15, 0.2) is 0 Å². The van der Waals surface area contributed by atoms with E-state index in [-0.39, 0.29) is 0 Å². The zero-order valence-electron chi connectivity index (χ0n) is 10.7. The molecule has 102 valence electrons. The van der Waals surface area contributed by atoms with Crippen LogP contribution in [0.2, 0.25) is 0 Å². The first kappa shape index (κ1) is 15.7. The fraction of sp³-hybridized carbons (Fsp3) is 0.583. The Kier molecular flexibility index (Phi) is 5.43.